The third-order valence-electron chi connectivity index (χ3n) is 6.74. The van der Waals surface area contributed by atoms with Crippen molar-refractivity contribution in [3.05, 3.63) is 77.9 Å². The van der Waals surface area contributed by atoms with Crippen molar-refractivity contribution in [3.63, 3.8) is 0 Å². The number of rotatable bonds is 6. The van der Waals surface area contributed by atoms with Gasteiger partial charge < -0.3 is 15.3 Å². The normalized spacial score (nSPS) is 21.4. The molecule has 176 valence electrons. The Labute approximate surface area is 197 Å². The molecule has 0 aromatic heterocycles. The molecule has 0 radical (unpaired) electrons. The van der Waals surface area contributed by atoms with Crippen LogP contribution in [0, 0.1) is 0 Å². The molecule has 33 heavy (non-hydrogen) atoms. The highest BCUT2D eigenvalue weighted by molar-refractivity contribution is 5.94. The molecule has 2 heterocycles. The highest BCUT2D eigenvalue weighted by Crippen LogP contribution is 2.34. The number of nitrogens with one attached hydrogen (secondary N) is 1. The van der Waals surface area contributed by atoms with Gasteiger partial charge in [-0.3, -0.25) is 14.6 Å². The minimum absolute atomic E-state index is 0.0310. The summed E-state index contributed by atoms with van der Waals surface area (Å²) in [5.74, 6) is 0.360. The Morgan fingerprint density at radius 2 is 1.91 bits per heavy atom. The van der Waals surface area contributed by atoms with Crippen LogP contribution < -0.4 is 5.32 Å². The molecule has 2 fully saturated rings. The molecule has 6 nitrogen and oxygen atoms in total. The fourth-order valence-corrected chi connectivity index (χ4v) is 5.12. The van der Waals surface area contributed by atoms with Crippen LogP contribution in [0.2, 0.25) is 0 Å². The minimum Gasteiger partial charge on any atom is -0.508 e. The smallest absolute Gasteiger partial charge is 0.253 e. The predicted octanol–water partition coefficient (Wildman–Crippen LogP) is 3.11. The van der Waals surface area contributed by atoms with Gasteiger partial charge in [-0.2, -0.15) is 0 Å². The number of benzene rings is 2. The molecule has 2 aliphatic heterocycles. The van der Waals surface area contributed by atoms with Gasteiger partial charge in [-0.15, -0.1) is 6.58 Å². The van der Waals surface area contributed by atoms with E-state index in [2.05, 4.69) is 46.8 Å². The Hall–Kier alpha value is -2.67. The van der Waals surface area contributed by atoms with E-state index in [9.17, 15) is 9.90 Å². The second-order valence-corrected chi connectivity index (χ2v) is 9.15. The molecule has 2 saturated heterocycles. The van der Waals surface area contributed by atoms with E-state index in [1.807, 2.05) is 35.2 Å². The van der Waals surface area contributed by atoms with E-state index < -0.39 is 0 Å². The maximum absolute atomic E-state index is 13.3. The molecule has 0 spiro atoms. The molecule has 0 aliphatic carbocycles. The lowest BCUT2D eigenvalue weighted by molar-refractivity contribution is 0.0669. The van der Waals surface area contributed by atoms with E-state index >= 15 is 0 Å². The Kier molecular flexibility index (Phi) is 7.81. The van der Waals surface area contributed by atoms with Gasteiger partial charge >= 0.3 is 0 Å². The molecular weight excluding hydrogens is 412 g/mol. The average Bonchev–Trinajstić information content (AvgIpc) is 3.10. The number of amides is 1. The Bertz CT molecular complexity index is 955. The molecule has 2 atom stereocenters. The Morgan fingerprint density at radius 3 is 2.67 bits per heavy atom. The number of phenols is 1. The molecule has 0 saturated carbocycles. The van der Waals surface area contributed by atoms with Gasteiger partial charge in [-0.25, -0.2) is 0 Å². The summed E-state index contributed by atoms with van der Waals surface area (Å²) in [4.78, 5) is 20.2. The summed E-state index contributed by atoms with van der Waals surface area (Å²) in [6.07, 6.45) is 2.94. The summed E-state index contributed by atoms with van der Waals surface area (Å²) < 4.78 is 0. The van der Waals surface area contributed by atoms with Crippen LogP contribution in [0.3, 0.4) is 0 Å². The number of nitrogens with zero attached hydrogens (tertiary/aromatic N) is 3. The van der Waals surface area contributed by atoms with E-state index in [-0.39, 0.29) is 17.7 Å². The fourth-order valence-electron chi connectivity index (χ4n) is 5.12. The highest BCUT2D eigenvalue weighted by atomic mass is 16.3. The van der Waals surface area contributed by atoms with E-state index in [4.69, 9.17) is 0 Å². The number of piperazine rings is 1. The second kappa shape index (κ2) is 11.0. The minimum atomic E-state index is -0.0310. The van der Waals surface area contributed by atoms with Crippen LogP contribution in [0.1, 0.15) is 40.9 Å². The lowest BCUT2D eigenvalue weighted by Gasteiger charge is -2.44. The zero-order valence-electron chi connectivity index (χ0n) is 19.6. The largest absolute Gasteiger partial charge is 0.508 e. The summed E-state index contributed by atoms with van der Waals surface area (Å²) in [6.45, 7) is 13.2. The molecule has 6 heteroatoms. The van der Waals surface area contributed by atoms with Crippen LogP contribution in [0.4, 0.5) is 0 Å². The van der Waals surface area contributed by atoms with Crippen LogP contribution >= 0.6 is 0 Å². The topological polar surface area (TPSA) is 59.1 Å². The maximum atomic E-state index is 13.3. The molecule has 2 aromatic carbocycles. The quantitative estimate of drug-likeness (QED) is 0.665. The van der Waals surface area contributed by atoms with Crippen LogP contribution in [0.5, 0.6) is 5.75 Å². The summed E-state index contributed by atoms with van der Waals surface area (Å²) >= 11 is 0. The molecule has 2 unspecified atom stereocenters. The molecule has 0 bridgehead atoms. The van der Waals surface area contributed by atoms with E-state index in [1.54, 1.807) is 6.07 Å². The molecule has 2 N–H and O–H groups in total. The van der Waals surface area contributed by atoms with Crippen LogP contribution in [0.25, 0.3) is 0 Å². The zero-order valence-corrected chi connectivity index (χ0v) is 19.6. The first-order valence-corrected chi connectivity index (χ1v) is 12.0. The number of hydrogen-bond acceptors (Lipinski definition) is 5. The van der Waals surface area contributed by atoms with Crippen molar-refractivity contribution in [3.8, 4) is 5.75 Å². The molecule has 2 aromatic rings. The van der Waals surface area contributed by atoms with Crippen LogP contribution in [-0.4, -0.2) is 84.1 Å². The first-order chi connectivity index (χ1) is 16.1. The lowest BCUT2D eigenvalue weighted by Crippen LogP contribution is -2.53. The third-order valence-corrected chi connectivity index (χ3v) is 6.74. The van der Waals surface area contributed by atoms with Crippen molar-refractivity contribution < 1.29 is 9.90 Å². The molecule has 4 rings (SSSR count). The van der Waals surface area contributed by atoms with Crippen molar-refractivity contribution in [2.45, 2.75) is 25.4 Å². The van der Waals surface area contributed by atoms with Crippen LogP contribution in [0.15, 0.2) is 61.2 Å². The Balaban J connectivity index is 1.65. The van der Waals surface area contributed by atoms with Crippen molar-refractivity contribution in [1.29, 1.82) is 0 Å². The van der Waals surface area contributed by atoms with Crippen molar-refractivity contribution in [2.75, 3.05) is 52.4 Å². The lowest BCUT2D eigenvalue weighted by atomic mass is 9.93. The summed E-state index contributed by atoms with van der Waals surface area (Å²) in [5.41, 5.74) is 2.86. The summed E-state index contributed by atoms with van der Waals surface area (Å²) in [7, 11) is 0. The van der Waals surface area contributed by atoms with Crippen molar-refractivity contribution in [1.82, 2.24) is 20.0 Å². The van der Waals surface area contributed by atoms with E-state index in [0.717, 1.165) is 75.5 Å². The van der Waals surface area contributed by atoms with Gasteiger partial charge in [0.05, 0.1) is 6.04 Å². The number of aromatic hydroxyl groups is 1. The van der Waals surface area contributed by atoms with Gasteiger partial charge in [0.25, 0.3) is 5.91 Å². The van der Waals surface area contributed by atoms with Gasteiger partial charge in [-0.1, -0.05) is 30.3 Å². The number of hydrogen-bond donors (Lipinski definition) is 2. The van der Waals surface area contributed by atoms with Gasteiger partial charge in [0.1, 0.15) is 5.75 Å². The molecule has 1 amide bonds. The number of phenolic OH excluding ortho intramolecular Hbond substituents is 1. The first-order valence-electron chi connectivity index (χ1n) is 12.0. The number of carbonyl (C=O) groups excluding carboxylic acids is 1. The van der Waals surface area contributed by atoms with Gasteiger partial charge in [-0.05, 0) is 55.3 Å². The standard InChI is InChI=1S/C27H36N4O2/c1-3-13-29-16-17-31(21(2)20-29)26(23-8-5-10-25(32)19-23)22-7-4-9-24(18-22)27(33)30-14-6-11-28-12-15-30/h3-5,7-10,18-19,21,26,28,32H,1,6,11-17,20H2,2H3. The third kappa shape index (κ3) is 5.64. The summed E-state index contributed by atoms with van der Waals surface area (Å²) in [6, 6.07) is 15.9. The zero-order chi connectivity index (χ0) is 23.2. The average molecular weight is 449 g/mol. The van der Waals surface area contributed by atoms with Gasteiger partial charge in [0.2, 0.25) is 0 Å². The first kappa shape index (κ1) is 23.5. The van der Waals surface area contributed by atoms with Gasteiger partial charge in [0.15, 0.2) is 0 Å². The highest BCUT2D eigenvalue weighted by Gasteiger charge is 2.31. The maximum Gasteiger partial charge on any atom is 0.253 e. The van der Waals surface area contributed by atoms with E-state index in [0.29, 0.717) is 6.04 Å². The predicted molar refractivity (Wildman–Crippen MR) is 133 cm³/mol. The summed E-state index contributed by atoms with van der Waals surface area (Å²) in [5, 5.41) is 13.6. The fraction of sp³-hybridized carbons (Fsp3) is 0.444. The van der Waals surface area contributed by atoms with Crippen molar-refractivity contribution >= 4 is 5.91 Å². The van der Waals surface area contributed by atoms with Crippen LogP contribution in [-0.2, 0) is 0 Å². The SMILES string of the molecule is C=CCN1CCN(C(c2cccc(O)c2)c2cccc(C(=O)N3CCCNCC3)c2)C(C)C1. The monoisotopic (exact) mass is 448 g/mol. The molecule has 2 aliphatic rings. The second-order valence-electron chi connectivity index (χ2n) is 9.15. The number of carbonyl (C=O) groups is 1. The van der Waals surface area contributed by atoms with E-state index in [1.165, 1.54) is 0 Å². The Morgan fingerprint density at radius 1 is 1.12 bits per heavy atom. The van der Waals surface area contributed by atoms with Crippen molar-refractivity contribution in [2.24, 2.45) is 0 Å². The van der Waals surface area contributed by atoms with Gasteiger partial charge in [0, 0.05) is 57.4 Å². The molecular formula is C27H36N4O2.